The summed E-state index contributed by atoms with van der Waals surface area (Å²) in [5.41, 5.74) is 1.00. The lowest BCUT2D eigenvalue weighted by Crippen LogP contribution is -2.38. The molecule has 0 amide bonds. The van der Waals surface area contributed by atoms with Crippen molar-refractivity contribution >= 4 is 30.8 Å². The Hall–Kier alpha value is -0.810. The van der Waals surface area contributed by atoms with E-state index in [0.717, 1.165) is 38.0 Å². The van der Waals surface area contributed by atoms with Gasteiger partial charge in [-0.25, -0.2) is 4.79 Å². The van der Waals surface area contributed by atoms with E-state index in [9.17, 15) is 4.79 Å². The number of hydrogen-bond donors (Lipinski definition) is 2. The molecule has 0 unspecified atom stereocenters. The van der Waals surface area contributed by atoms with Crippen molar-refractivity contribution in [1.82, 2.24) is 10.6 Å². The molecule has 1 heterocycles. The van der Waals surface area contributed by atoms with Crippen LogP contribution in [0.1, 0.15) is 50.1 Å². The first-order chi connectivity index (χ1) is 11.3. The van der Waals surface area contributed by atoms with Gasteiger partial charge in [0.1, 0.15) is 12.1 Å². The Bertz CT molecular complexity index is 489. The van der Waals surface area contributed by atoms with Crippen molar-refractivity contribution in [2.75, 3.05) is 19.6 Å². The molecule has 1 saturated heterocycles. The van der Waals surface area contributed by atoms with E-state index in [1.165, 1.54) is 25.7 Å². The van der Waals surface area contributed by atoms with Gasteiger partial charge >= 0.3 is 5.97 Å². The highest BCUT2D eigenvalue weighted by molar-refractivity contribution is 5.85. The predicted octanol–water partition coefficient (Wildman–Crippen LogP) is 3.65. The van der Waals surface area contributed by atoms with Crippen LogP contribution in [-0.4, -0.2) is 31.7 Å². The lowest BCUT2D eigenvalue weighted by atomic mass is 9.97. The van der Waals surface area contributed by atoms with E-state index in [-0.39, 0.29) is 42.9 Å². The van der Waals surface area contributed by atoms with Crippen LogP contribution in [0.15, 0.2) is 30.3 Å². The monoisotopic (exact) mass is 388 g/mol. The molecule has 1 aromatic carbocycles. The number of rotatable bonds is 6. The molecule has 25 heavy (non-hydrogen) atoms. The van der Waals surface area contributed by atoms with Gasteiger partial charge in [-0.1, -0.05) is 30.3 Å². The van der Waals surface area contributed by atoms with Gasteiger partial charge in [0, 0.05) is 0 Å². The molecule has 142 valence electrons. The number of esters is 1. The third-order valence-corrected chi connectivity index (χ3v) is 5.02. The van der Waals surface area contributed by atoms with E-state index in [1.807, 2.05) is 30.3 Å². The second-order valence-corrected chi connectivity index (χ2v) is 6.79. The number of carbonyl (C=O) groups excluding carboxylic acids is 1. The van der Waals surface area contributed by atoms with Crippen molar-refractivity contribution < 1.29 is 9.53 Å². The number of halogens is 2. The summed E-state index contributed by atoms with van der Waals surface area (Å²) < 4.78 is 5.75. The molecule has 2 fully saturated rings. The van der Waals surface area contributed by atoms with Gasteiger partial charge in [-0.2, -0.15) is 0 Å². The van der Waals surface area contributed by atoms with E-state index in [4.69, 9.17) is 4.74 Å². The average molecular weight is 389 g/mol. The Morgan fingerprint density at radius 2 is 1.72 bits per heavy atom. The predicted molar refractivity (Wildman–Crippen MR) is 106 cm³/mol. The molecule has 0 aromatic heterocycles. The van der Waals surface area contributed by atoms with Gasteiger partial charge in [0.15, 0.2) is 0 Å². The molecule has 1 aliphatic carbocycles. The molecule has 1 atom stereocenters. The normalized spacial score (nSPS) is 19.5. The summed E-state index contributed by atoms with van der Waals surface area (Å²) in [6, 6.07) is 9.63. The Kier molecular flexibility index (Phi) is 10.4. The zero-order valence-corrected chi connectivity index (χ0v) is 16.2. The maximum Gasteiger partial charge on any atom is 0.328 e. The van der Waals surface area contributed by atoms with Gasteiger partial charge < -0.3 is 15.4 Å². The molecule has 0 radical (unpaired) electrons. The van der Waals surface area contributed by atoms with E-state index in [1.54, 1.807) is 0 Å². The minimum Gasteiger partial charge on any atom is -0.461 e. The van der Waals surface area contributed by atoms with Gasteiger partial charge in [0.05, 0.1) is 0 Å². The molecule has 0 bridgehead atoms. The zero-order valence-electron chi connectivity index (χ0n) is 14.6. The number of hydrogen-bond acceptors (Lipinski definition) is 4. The third kappa shape index (κ3) is 6.78. The van der Waals surface area contributed by atoms with Crippen LogP contribution in [-0.2, 0) is 9.53 Å². The molecule has 1 saturated carbocycles. The van der Waals surface area contributed by atoms with Crippen LogP contribution in [0.4, 0.5) is 0 Å². The van der Waals surface area contributed by atoms with E-state index < -0.39 is 0 Å². The Morgan fingerprint density at radius 1 is 1.08 bits per heavy atom. The maximum atomic E-state index is 12.7. The molecule has 4 nitrogen and oxygen atoms in total. The minimum absolute atomic E-state index is 0. The Labute approximate surface area is 163 Å². The van der Waals surface area contributed by atoms with Crippen LogP contribution in [0.5, 0.6) is 0 Å². The molecule has 1 aromatic rings. The van der Waals surface area contributed by atoms with Crippen LogP contribution in [0.2, 0.25) is 0 Å². The van der Waals surface area contributed by atoms with Gasteiger partial charge in [0.2, 0.25) is 0 Å². The standard InChI is InChI=1S/C19H28N2O2.2ClH/c22-19(23-17-8-4-5-9-17)18(16-6-2-1-3-7-16)21-14-15-10-12-20-13-11-15;;/h1-3,6-7,15,17-18,20-21H,4-5,8-14H2;2*1H/t18-;;/m0../s1. The van der Waals surface area contributed by atoms with Crippen LogP contribution >= 0.6 is 24.8 Å². The number of nitrogens with one attached hydrogen (secondary N) is 2. The number of benzene rings is 1. The molecule has 3 rings (SSSR count). The van der Waals surface area contributed by atoms with E-state index in [2.05, 4.69) is 10.6 Å². The maximum absolute atomic E-state index is 12.7. The van der Waals surface area contributed by atoms with Gasteiger partial charge in [-0.15, -0.1) is 24.8 Å². The molecular weight excluding hydrogens is 359 g/mol. The highest BCUT2D eigenvalue weighted by atomic mass is 35.5. The lowest BCUT2D eigenvalue weighted by Gasteiger charge is -2.26. The number of piperidine rings is 1. The van der Waals surface area contributed by atoms with E-state index in [0.29, 0.717) is 5.92 Å². The van der Waals surface area contributed by atoms with Crippen molar-refractivity contribution in [2.45, 2.75) is 50.7 Å². The van der Waals surface area contributed by atoms with Gasteiger partial charge in [-0.05, 0) is 69.6 Å². The van der Waals surface area contributed by atoms with Crippen LogP contribution in [0.3, 0.4) is 0 Å². The summed E-state index contributed by atoms with van der Waals surface area (Å²) in [6.45, 7) is 3.03. The number of carbonyl (C=O) groups is 1. The zero-order chi connectivity index (χ0) is 15.9. The van der Waals surface area contributed by atoms with Crippen LogP contribution in [0, 0.1) is 5.92 Å². The fourth-order valence-corrected chi connectivity index (χ4v) is 3.59. The highest BCUT2D eigenvalue weighted by Crippen LogP contribution is 2.24. The van der Waals surface area contributed by atoms with Crippen molar-refractivity contribution in [3.8, 4) is 0 Å². The van der Waals surface area contributed by atoms with Gasteiger partial charge in [0.25, 0.3) is 0 Å². The summed E-state index contributed by atoms with van der Waals surface area (Å²) in [5, 5.41) is 6.86. The summed E-state index contributed by atoms with van der Waals surface area (Å²) in [4.78, 5) is 12.7. The topological polar surface area (TPSA) is 50.4 Å². The SMILES string of the molecule is Cl.Cl.O=C(OC1CCCC1)[C@@H](NCC1CCNCC1)c1ccccc1. The highest BCUT2D eigenvalue weighted by Gasteiger charge is 2.27. The first-order valence-corrected chi connectivity index (χ1v) is 9.02. The van der Waals surface area contributed by atoms with E-state index >= 15 is 0 Å². The van der Waals surface area contributed by atoms with Crippen molar-refractivity contribution in [1.29, 1.82) is 0 Å². The lowest BCUT2D eigenvalue weighted by molar-refractivity contribution is -0.151. The van der Waals surface area contributed by atoms with Crippen molar-refractivity contribution in [3.05, 3.63) is 35.9 Å². The van der Waals surface area contributed by atoms with Crippen LogP contribution in [0.25, 0.3) is 0 Å². The first-order valence-electron chi connectivity index (χ1n) is 9.02. The van der Waals surface area contributed by atoms with Crippen LogP contribution < -0.4 is 10.6 Å². The third-order valence-electron chi connectivity index (χ3n) is 5.02. The fraction of sp³-hybridized carbons (Fsp3) is 0.632. The second kappa shape index (κ2) is 11.7. The van der Waals surface area contributed by atoms with Gasteiger partial charge in [-0.3, -0.25) is 0 Å². The smallest absolute Gasteiger partial charge is 0.328 e. The molecule has 1 aliphatic heterocycles. The average Bonchev–Trinajstić information content (AvgIpc) is 3.10. The number of ether oxygens (including phenoxy) is 1. The molecule has 2 N–H and O–H groups in total. The minimum atomic E-state index is -0.341. The second-order valence-electron chi connectivity index (χ2n) is 6.79. The molecule has 0 spiro atoms. The molecule has 6 heteroatoms. The largest absolute Gasteiger partial charge is 0.461 e. The summed E-state index contributed by atoms with van der Waals surface area (Å²) >= 11 is 0. The fourth-order valence-electron chi connectivity index (χ4n) is 3.59. The molecular formula is C19H30Cl2N2O2. The first kappa shape index (κ1) is 22.2. The quantitative estimate of drug-likeness (QED) is 0.730. The Balaban J connectivity index is 0.00000156. The van der Waals surface area contributed by atoms with Crippen molar-refractivity contribution in [3.63, 3.8) is 0 Å². The molecule has 2 aliphatic rings. The Morgan fingerprint density at radius 3 is 2.36 bits per heavy atom. The van der Waals surface area contributed by atoms with Crippen molar-refractivity contribution in [2.24, 2.45) is 5.92 Å². The summed E-state index contributed by atoms with van der Waals surface area (Å²) in [6.07, 6.45) is 6.85. The summed E-state index contributed by atoms with van der Waals surface area (Å²) in [7, 11) is 0. The summed E-state index contributed by atoms with van der Waals surface area (Å²) in [5.74, 6) is 0.527.